The molecule has 6 heteroatoms. The molecular formula is C22H31NO5. The molecule has 3 rings (SSSR count). The summed E-state index contributed by atoms with van der Waals surface area (Å²) in [5, 5.41) is 22.6. The summed E-state index contributed by atoms with van der Waals surface area (Å²) in [6.07, 6.45) is 2.46. The largest absolute Gasteiger partial charge is 0.488 e. The van der Waals surface area contributed by atoms with Gasteiger partial charge in [0.2, 0.25) is 5.91 Å². The maximum Gasteiger partial charge on any atom is 0.335 e. The van der Waals surface area contributed by atoms with E-state index in [1.54, 1.807) is 12.1 Å². The van der Waals surface area contributed by atoms with Gasteiger partial charge in [-0.05, 0) is 49.3 Å². The van der Waals surface area contributed by atoms with E-state index in [9.17, 15) is 14.7 Å². The fraction of sp³-hybridized carbons (Fsp3) is 0.636. The molecule has 0 saturated heterocycles. The van der Waals surface area contributed by atoms with Crippen LogP contribution in [0.25, 0.3) is 0 Å². The van der Waals surface area contributed by atoms with E-state index in [0.29, 0.717) is 25.1 Å². The quantitative estimate of drug-likeness (QED) is 0.693. The standard InChI is InChI=1S/C22H31NO5/c1-13-16-9-14(20(25)26)5-6-17(16)28-18(13)12-23-19(24)15-10-22(27,11-15)8-7-21(2,3)4/h5-6,9,13,15,18,27H,7-8,10-12H2,1-4H3,(H,23,24)(H,25,26)/t13-,15?,18-,22?/m0/s1. The predicted molar refractivity (Wildman–Crippen MR) is 106 cm³/mol. The molecule has 1 heterocycles. The summed E-state index contributed by atoms with van der Waals surface area (Å²) in [7, 11) is 0. The lowest BCUT2D eigenvalue weighted by atomic mass is 9.66. The van der Waals surface area contributed by atoms with Crippen molar-refractivity contribution < 1.29 is 24.5 Å². The molecule has 1 fully saturated rings. The number of aromatic carboxylic acids is 1. The zero-order valence-corrected chi connectivity index (χ0v) is 17.1. The second-order valence-electron chi connectivity index (χ2n) is 9.64. The molecule has 2 aliphatic rings. The number of carboxylic acids is 1. The molecule has 0 radical (unpaired) electrons. The smallest absolute Gasteiger partial charge is 0.335 e. The molecule has 0 spiro atoms. The van der Waals surface area contributed by atoms with Gasteiger partial charge in [0.1, 0.15) is 11.9 Å². The van der Waals surface area contributed by atoms with Crippen molar-refractivity contribution in [2.45, 2.75) is 71.0 Å². The SMILES string of the molecule is C[C@H]1c2cc(C(=O)O)ccc2O[C@H]1CNC(=O)C1CC(O)(CCC(C)(C)C)C1. The summed E-state index contributed by atoms with van der Waals surface area (Å²) in [6, 6.07) is 4.85. The van der Waals surface area contributed by atoms with Crippen LogP contribution in [0.2, 0.25) is 0 Å². The molecule has 6 nitrogen and oxygen atoms in total. The lowest BCUT2D eigenvalue weighted by molar-refractivity contribution is -0.143. The van der Waals surface area contributed by atoms with Gasteiger partial charge in [0.15, 0.2) is 0 Å². The number of hydrogen-bond acceptors (Lipinski definition) is 4. The number of fused-ring (bicyclic) bond motifs is 1. The lowest BCUT2D eigenvalue weighted by Crippen LogP contribution is -2.51. The van der Waals surface area contributed by atoms with Gasteiger partial charge in [0.05, 0.1) is 17.7 Å². The Balaban J connectivity index is 1.48. The van der Waals surface area contributed by atoms with Gasteiger partial charge in [0, 0.05) is 17.4 Å². The number of benzene rings is 1. The Labute approximate surface area is 166 Å². The fourth-order valence-corrected chi connectivity index (χ4v) is 4.03. The van der Waals surface area contributed by atoms with Crippen LogP contribution in [0.4, 0.5) is 0 Å². The van der Waals surface area contributed by atoms with E-state index >= 15 is 0 Å². The molecular weight excluding hydrogens is 358 g/mol. The maximum absolute atomic E-state index is 12.4. The number of carbonyl (C=O) groups is 2. The molecule has 1 saturated carbocycles. The Bertz CT molecular complexity index is 761. The van der Waals surface area contributed by atoms with Gasteiger partial charge in [-0.1, -0.05) is 27.7 Å². The third-order valence-electron chi connectivity index (χ3n) is 6.02. The number of amides is 1. The highest BCUT2D eigenvalue weighted by Crippen LogP contribution is 2.43. The van der Waals surface area contributed by atoms with Crippen molar-refractivity contribution in [1.29, 1.82) is 0 Å². The molecule has 0 aromatic heterocycles. The molecule has 1 aromatic rings. The molecule has 1 aliphatic heterocycles. The minimum absolute atomic E-state index is 0.000270. The summed E-state index contributed by atoms with van der Waals surface area (Å²) in [5.41, 5.74) is 0.562. The van der Waals surface area contributed by atoms with Crippen molar-refractivity contribution in [3.05, 3.63) is 29.3 Å². The first-order valence-corrected chi connectivity index (χ1v) is 10.0. The van der Waals surface area contributed by atoms with Crippen LogP contribution < -0.4 is 10.1 Å². The highest BCUT2D eigenvalue weighted by atomic mass is 16.5. The van der Waals surface area contributed by atoms with Gasteiger partial charge in [-0.15, -0.1) is 0 Å². The maximum atomic E-state index is 12.4. The van der Waals surface area contributed by atoms with Gasteiger partial charge in [-0.3, -0.25) is 4.79 Å². The average Bonchev–Trinajstić information content (AvgIpc) is 2.90. The third-order valence-corrected chi connectivity index (χ3v) is 6.02. The summed E-state index contributed by atoms with van der Waals surface area (Å²) in [4.78, 5) is 23.6. The van der Waals surface area contributed by atoms with E-state index < -0.39 is 11.6 Å². The van der Waals surface area contributed by atoms with Gasteiger partial charge in [0.25, 0.3) is 0 Å². The fourth-order valence-electron chi connectivity index (χ4n) is 4.03. The highest BCUT2D eigenvalue weighted by Gasteiger charge is 2.46. The molecule has 1 aliphatic carbocycles. The average molecular weight is 389 g/mol. The first-order chi connectivity index (χ1) is 13.0. The molecule has 0 unspecified atom stereocenters. The minimum Gasteiger partial charge on any atom is -0.488 e. The number of rotatable bonds is 6. The van der Waals surface area contributed by atoms with Gasteiger partial charge < -0.3 is 20.3 Å². The molecule has 1 amide bonds. The number of carboxylic acid groups (broad SMARTS) is 1. The van der Waals surface area contributed by atoms with E-state index in [1.165, 1.54) is 6.07 Å². The van der Waals surface area contributed by atoms with Crippen molar-refractivity contribution >= 4 is 11.9 Å². The Morgan fingerprint density at radius 2 is 1.96 bits per heavy atom. The van der Waals surface area contributed by atoms with Crippen molar-refractivity contribution in [2.75, 3.05) is 6.54 Å². The Kier molecular flexibility index (Phi) is 5.45. The second kappa shape index (κ2) is 7.39. The Morgan fingerprint density at radius 1 is 1.29 bits per heavy atom. The van der Waals surface area contributed by atoms with Crippen LogP contribution in [-0.4, -0.2) is 40.3 Å². The normalized spacial score (nSPS) is 28.8. The van der Waals surface area contributed by atoms with Gasteiger partial charge in [-0.25, -0.2) is 4.79 Å². The first kappa shape index (κ1) is 20.6. The third kappa shape index (κ3) is 4.49. The molecule has 1 aromatic carbocycles. The predicted octanol–water partition coefficient (Wildman–Crippen LogP) is 3.33. The first-order valence-electron chi connectivity index (χ1n) is 10.0. The number of carbonyl (C=O) groups excluding carboxylic acids is 1. The van der Waals surface area contributed by atoms with Crippen LogP contribution in [0.1, 0.15) is 75.2 Å². The molecule has 154 valence electrons. The zero-order valence-electron chi connectivity index (χ0n) is 17.1. The number of nitrogens with one attached hydrogen (secondary N) is 1. The highest BCUT2D eigenvalue weighted by molar-refractivity contribution is 5.88. The van der Waals surface area contributed by atoms with Crippen LogP contribution in [0, 0.1) is 11.3 Å². The van der Waals surface area contributed by atoms with Crippen LogP contribution >= 0.6 is 0 Å². The van der Waals surface area contributed by atoms with E-state index in [2.05, 4.69) is 26.1 Å². The van der Waals surface area contributed by atoms with Crippen molar-refractivity contribution in [2.24, 2.45) is 11.3 Å². The summed E-state index contributed by atoms with van der Waals surface area (Å²) < 4.78 is 5.90. The lowest BCUT2D eigenvalue weighted by Gasteiger charge is -2.44. The molecule has 28 heavy (non-hydrogen) atoms. The number of hydrogen-bond donors (Lipinski definition) is 3. The summed E-state index contributed by atoms with van der Waals surface area (Å²) in [5.74, 6) is -0.478. The topological polar surface area (TPSA) is 95.9 Å². The number of aliphatic hydroxyl groups is 1. The second-order valence-corrected chi connectivity index (χ2v) is 9.64. The number of ether oxygens (including phenoxy) is 1. The monoisotopic (exact) mass is 389 g/mol. The molecule has 3 N–H and O–H groups in total. The van der Waals surface area contributed by atoms with E-state index in [1.807, 2.05) is 6.92 Å². The van der Waals surface area contributed by atoms with Crippen LogP contribution in [0.3, 0.4) is 0 Å². The van der Waals surface area contributed by atoms with Crippen molar-refractivity contribution in [1.82, 2.24) is 5.32 Å². The van der Waals surface area contributed by atoms with E-state index in [0.717, 1.165) is 18.4 Å². The molecule has 2 atom stereocenters. The summed E-state index contributed by atoms with van der Waals surface area (Å²) in [6.45, 7) is 8.80. The van der Waals surface area contributed by atoms with Crippen LogP contribution in [0.15, 0.2) is 18.2 Å². The van der Waals surface area contributed by atoms with Gasteiger partial charge >= 0.3 is 5.97 Å². The van der Waals surface area contributed by atoms with Crippen molar-refractivity contribution in [3.8, 4) is 5.75 Å². The zero-order chi connectivity index (χ0) is 20.7. The van der Waals surface area contributed by atoms with Crippen molar-refractivity contribution in [3.63, 3.8) is 0 Å². The van der Waals surface area contributed by atoms with E-state index in [-0.39, 0.29) is 34.8 Å². The van der Waals surface area contributed by atoms with Gasteiger partial charge in [-0.2, -0.15) is 0 Å². The Morgan fingerprint density at radius 3 is 2.57 bits per heavy atom. The van der Waals surface area contributed by atoms with Crippen LogP contribution in [0.5, 0.6) is 5.75 Å². The minimum atomic E-state index is -0.962. The van der Waals surface area contributed by atoms with E-state index in [4.69, 9.17) is 9.84 Å². The summed E-state index contributed by atoms with van der Waals surface area (Å²) >= 11 is 0. The Hall–Kier alpha value is -2.08. The molecule has 0 bridgehead atoms. The van der Waals surface area contributed by atoms with Crippen LogP contribution in [-0.2, 0) is 4.79 Å².